The van der Waals surface area contributed by atoms with Gasteiger partial charge in [-0.15, -0.1) is 0 Å². The van der Waals surface area contributed by atoms with Crippen LogP contribution in [0.5, 0.6) is 0 Å². The maximum Gasteiger partial charge on any atom is 0.0460 e. The predicted molar refractivity (Wildman–Crippen MR) is 97.3 cm³/mol. The summed E-state index contributed by atoms with van der Waals surface area (Å²) in [6, 6.07) is 32.6. The average Bonchev–Trinajstić information content (AvgIpc) is 3.22. The zero-order valence-corrected chi connectivity index (χ0v) is 13.4. The van der Waals surface area contributed by atoms with Gasteiger partial charge in [0.2, 0.25) is 0 Å². The van der Waals surface area contributed by atoms with Crippen LogP contribution >= 0.6 is 0 Å². The average molecular weight is 296 g/mol. The van der Waals surface area contributed by atoms with E-state index in [0.29, 0.717) is 0 Å². The van der Waals surface area contributed by atoms with Crippen LogP contribution in [0.25, 0.3) is 5.57 Å². The number of rotatable bonds is 4. The first kappa shape index (κ1) is 14.0. The molecule has 0 bridgehead atoms. The minimum Gasteiger partial charge on any atom is -0.0622 e. The molecule has 3 aromatic carbocycles. The van der Waals surface area contributed by atoms with E-state index in [-0.39, 0.29) is 5.41 Å². The minimum absolute atomic E-state index is 0.0595. The van der Waals surface area contributed by atoms with Crippen LogP contribution < -0.4 is 0 Å². The molecule has 23 heavy (non-hydrogen) atoms. The van der Waals surface area contributed by atoms with Gasteiger partial charge in [0, 0.05) is 5.41 Å². The maximum absolute atomic E-state index is 2.29. The van der Waals surface area contributed by atoms with Crippen molar-refractivity contribution in [3.05, 3.63) is 113 Å². The van der Waals surface area contributed by atoms with Crippen LogP contribution in [0, 0.1) is 0 Å². The molecule has 0 fully saturated rings. The Labute approximate surface area is 138 Å². The Morgan fingerprint density at radius 2 is 1.17 bits per heavy atom. The molecule has 4 rings (SSSR count). The van der Waals surface area contributed by atoms with Crippen molar-refractivity contribution in [2.45, 2.75) is 18.8 Å². The normalized spacial score (nSPS) is 19.7. The standard InChI is InChI=1S/C23H20/c1-18-22(20-13-7-3-8-14-20)23(18,21-15-9-4-10-16-21)17-19-11-5-2-6-12-19/h2-16H,17H2,1H3. The van der Waals surface area contributed by atoms with E-state index in [1.54, 1.807) is 0 Å². The molecule has 0 aromatic heterocycles. The molecule has 112 valence electrons. The van der Waals surface area contributed by atoms with Crippen molar-refractivity contribution in [2.24, 2.45) is 0 Å². The number of hydrogen-bond donors (Lipinski definition) is 0. The second kappa shape index (κ2) is 5.55. The highest BCUT2D eigenvalue weighted by molar-refractivity contribution is 5.96. The van der Waals surface area contributed by atoms with Gasteiger partial charge >= 0.3 is 0 Å². The summed E-state index contributed by atoms with van der Waals surface area (Å²) in [5.74, 6) is 0. The number of hydrogen-bond acceptors (Lipinski definition) is 0. The third-order valence-corrected chi connectivity index (χ3v) is 5.02. The SMILES string of the molecule is CC1=C(c2ccccc2)C1(Cc1ccccc1)c1ccccc1. The molecule has 3 aromatic rings. The van der Waals surface area contributed by atoms with Gasteiger partial charge in [0.05, 0.1) is 0 Å². The van der Waals surface area contributed by atoms with Gasteiger partial charge < -0.3 is 0 Å². The highest BCUT2D eigenvalue weighted by atomic mass is 14.5. The van der Waals surface area contributed by atoms with Gasteiger partial charge in [-0.3, -0.25) is 0 Å². The molecule has 0 spiro atoms. The summed E-state index contributed by atoms with van der Waals surface area (Å²) in [5.41, 5.74) is 7.20. The van der Waals surface area contributed by atoms with Gasteiger partial charge in [0.15, 0.2) is 0 Å². The van der Waals surface area contributed by atoms with E-state index in [0.717, 1.165) is 6.42 Å². The Morgan fingerprint density at radius 1 is 0.652 bits per heavy atom. The zero-order valence-electron chi connectivity index (χ0n) is 13.4. The Bertz CT molecular complexity index is 829. The summed E-state index contributed by atoms with van der Waals surface area (Å²) >= 11 is 0. The molecule has 0 amide bonds. The van der Waals surface area contributed by atoms with E-state index in [9.17, 15) is 0 Å². The van der Waals surface area contributed by atoms with E-state index >= 15 is 0 Å². The van der Waals surface area contributed by atoms with Crippen LogP contribution in [-0.4, -0.2) is 0 Å². The molecule has 0 heteroatoms. The van der Waals surface area contributed by atoms with Gasteiger partial charge in [0.25, 0.3) is 0 Å². The fourth-order valence-electron chi connectivity index (χ4n) is 3.83. The Hall–Kier alpha value is -2.60. The van der Waals surface area contributed by atoms with Crippen LogP contribution in [0.4, 0.5) is 0 Å². The lowest BCUT2D eigenvalue weighted by atomic mass is 9.81. The molecule has 0 N–H and O–H groups in total. The van der Waals surface area contributed by atoms with Crippen molar-refractivity contribution in [3.8, 4) is 0 Å². The third-order valence-electron chi connectivity index (χ3n) is 5.02. The fraction of sp³-hybridized carbons (Fsp3) is 0.130. The monoisotopic (exact) mass is 296 g/mol. The molecule has 0 aliphatic heterocycles. The van der Waals surface area contributed by atoms with Gasteiger partial charge in [-0.05, 0) is 35.6 Å². The first-order chi connectivity index (χ1) is 11.3. The summed E-state index contributed by atoms with van der Waals surface area (Å²) in [6.45, 7) is 2.29. The molecule has 1 atom stereocenters. The second-order valence-electron chi connectivity index (χ2n) is 6.30. The molecule has 0 heterocycles. The number of allylic oxidation sites excluding steroid dienone is 2. The smallest absolute Gasteiger partial charge is 0.0460 e. The molecule has 0 saturated carbocycles. The van der Waals surface area contributed by atoms with Crippen molar-refractivity contribution < 1.29 is 0 Å². The van der Waals surface area contributed by atoms with E-state index in [1.165, 1.54) is 27.8 Å². The predicted octanol–water partition coefficient (Wildman–Crippen LogP) is 5.65. The quantitative estimate of drug-likeness (QED) is 0.583. The lowest BCUT2D eigenvalue weighted by Gasteiger charge is -2.21. The van der Waals surface area contributed by atoms with Crippen LogP contribution in [0.2, 0.25) is 0 Å². The van der Waals surface area contributed by atoms with Crippen molar-refractivity contribution in [1.29, 1.82) is 0 Å². The topological polar surface area (TPSA) is 0 Å². The largest absolute Gasteiger partial charge is 0.0622 e. The van der Waals surface area contributed by atoms with Crippen molar-refractivity contribution in [2.75, 3.05) is 0 Å². The lowest BCUT2D eigenvalue weighted by Crippen LogP contribution is -2.17. The minimum atomic E-state index is 0.0595. The summed E-state index contributed by atoms with van der Waals surface area (Å²) in [7, 11) is 0. The number of benzene rings is 3. The third kappa shape index (κ3) is 2.31. The molecule has 1 unspecified atom stereocenters. The molecule has 0 saturated heterocycles. The summed E-state index contributed by atoms with van der Waals surface area (Å²) in [5, 5.41) is 0. The Balaban J connectivity index is 1.79. The first-order valence-corrected chi connectivity index (χ1v) is 8.19. The van der Waals surface area contributed by atoms with Gasteiger partial charge in [-0.2, -0.15) is 0 Å². The van der Waals surface area contributed by atoms with E-state index in [1.807, 2.05) is 0 Å². The molecule has 1 aliphatic carbocycles. The summed E-state index contributed by atoms with van der Waals surface area (Å²) in [6.07, 6.45) is 1.04. The lowest BCUT2D eigenvalue weighted by molar-refractivity contribution is 0.737. The molecule has 0 radical (unpaired) electrons. The van der Waals surface area contributed by atoms with Crippen LogP contribution in [0.15, 0.2) is 96.6 Å². The van der Waals surface area contributed by atoms with E-state index in [4.69, 9.17) is 0 Å². The Morgan fingerprint density at radius 3 is 1.78 bits per heavy atom. The van der Waals surface area contributed by atoms with E-state index < -0.39 is 0 Å². The van der Waals surface area contributed by atoms with E-state index in [2.05, 4.69) is 97.9 Å². The van der Waals surface area contributed by atoms with Crippen LogP contribution in [0.1, 0.15) is 23.6 Å². The molecular weight excluding hydrogens is 276 g/mol. The molecular formula is C23H20. The zero-order chi connectivity index (χ0) is 15.7. The van der Waals surface area contributed by atoms with Gasteiger partial charge in [-0.1, -0.05) is 96.6 Å². The summed E-state index contributed by atoms with van der Waals surface area (Å²) < 4.78 is 0. The molecule has 0 nitrogen and oxygen atoms in total. The maximum atomic E-state index is 2.29. The van der Waals surface area contributed by atoms with Crippen LogP contribution in [0.3, 0.4) is 0 Å². The van der Waals surface area contributed by atoms with Crippen molar-refractivity contribution in [3.63, 3.8) is 0 Å². The van der Waals surface area contributed by atoms with Crippen LogP contribution in [-0.2, 0) is 11.8 Å². The highest BCUT2D eigenvalue weighted by Gasteiger charge is 2.51. The van der Waals surface area contributed by atoms with Crippen molar-refractivity contribution in [1.82, 2.24) is 0 Å². The van der Waals surface area contributed by atoms with Crippen molar-refractivity contribution >= 4 is 5.57 Å². The van der Waals surface area contributed by atoms with Gasteiger partial charge in [0.1, 0.15) is 0 Å². The molecule has 1 aliphatic rings. The highest BCUT2D eigenvalue weighted by Crippen LogP contribution is 2.61. The first-order valence-electron chi connectivity index (χ1n) is 8.19. The van der Waals surface area contributed by atoms with Gasteiger partial charge in [-0.25, -0.2) is 0 Å². The Kier molecular flexibility index (Phi) is 3.38. The summed E-state index contributed by atoms with van der Waals surface area (Å²) in [4.78, 5) is 0. The second-order valence-corrected chi connectivity index (χ2v) is 6.30. The fourth-order valence-corrected chi connectivity index (χ4v) is 3.83.